The average molecular weight is 324 g/mol. The highest BCUT2D eigenvalue weighted by molar-refractivity contribution is 9.10. The molecule has 1 saturated heterocycles. The summed E-state index contributed by atoms with van der Waals surface area (Å²) in [6.45, 7) is 2.08. The minimum Gasteiger partial charge on any atom is -0.378 e. The molecule has 0 bridgehead atoms. The van der Waals surface area contributed by atoms with E-state index in [4.69, 9.17) is 4.74 Å². The number of ether oxygens (including phenoxy) is 1. The van der Waals surface area contributed by atoms with Gasteiger partial charge in [-0.05, 0) is 62.3 Å². The third kappa shape index (κ3) is 3.59. The van der Waals surface area contributed by atoms with E-state index < -0.39 is 0 Å². The Hall–Kier alpha value is -0.380. The molecule has 1 aliphatic carbocycles. The van der Waals surface area contributed by atoms with E-state index in [1.807, 2.05) is 0 Å². The van der Waals surface area contributed by atoms with E-state index in [0.717, 1.165) is 19.1 Å². The molecule has 2 fully saturated rings. The predicted molar refractivity (Wildman–Crippen MR) is 81.5 cm³/mol. The summed E-state index contributed by atoms with van der Waals surface area (Å²) in [7, 11) is 0. The Balaban J connectivity index is 1.36. The molecule has 1 aliphatic heterocycles. The summed E-state index contributed by atoms with van der Waals surface area (Å²) in [5.41, 5.74) is 1.48. The van der Waals surface area contributed by atoms with Crippen LogP contribution in [0, 0.1) is 0 Å². The number of halogens is 1. The fraction of sp³-hybridized carbons (Fsp3) is 0.625. The molecule has 104 valence electrons. The van der Waals surface area contributed by atoms with E-state index in [0.29, 0.717) is 12.1 Å². The van der Waals surface area contributed by atoms with Crippen molar-refractivity contribution >= 4 is 15.9 Å². The molecule has 3 heteroatoms. The fourth-order valence-electron chi connectivity index (χ4n) is 3.14. The van der Waals surface area contributed by atoms with Crippen molar-refractivity contribution < 1.29 is 4.74 Å². The van der Waals surface area contributed by atoms with Gasteiger partial charge in [-0.1, -0.05) is 28.1 Å². The normalized spacial score (nSPS) is 30.3. The van der Waals surface area contributed by atoms with Crippen LogP contribution in [0.3, 0.4) is 0 Å². The van der Waals surface area contributed by atoms with Crippen LogP contribution in [0.5, 0.6) is 0 Å². The molecule has 1 unspecified atom stereocenters. The first-order valence-electron chi connectivity index (χ1n) is 7.42. The third-order valence-corrected chi connectivity index (χ3v) is 4.87. The SMILES string of the molecule is Brc1cccc(C2CC(NCCC3CCCO3)C2)c1. The summed E-state index contributed by atoms with van der Waals surface area (Å²) in [5.74, 6) is 0.748. The molecule has 1 aromatic rings. The molecule has 1 saturated carbocycles. The quantitative estimate of drug-likeness (QED) is 0.888. The summed E-state index contributed by atoms with van der Waals surface area (Å²) in [4.78, 5) is 0. The minimum absolute atomic E-state index is 0.522. The monoisotopic (exact) mass is 323 g/mol. The lowest BCUT2D eigenvalue weighted by molar-refractivity contribution is 0.102. The summed E-state index contributed by atoms with van der Waals surface area (Å²) >= 11 is 3.55. The number of rotatable bonds is 5. The zero-order valence-corrected chi connectivity index (χ0v) is 12.9. The van der Waals surface area contributed by atoms with Gasteiger partial charge in [-0.3, -0.25) is 0 Å². The standard InChI is InChI=1S/C16H22BrNO/c17-14-4-1-3-12(9-14)13-10-15(11-13)18-7-6-16-5-2-8-19-16/h1,3-4,9,13,15-16,18H,2,5-8,10-11H2. The van der Waals surface area contributed by atoms with E-state index in [1.54, 1.807) is 0 Å². The van der Waals surface area contributed by atoms with Crippen LogP contribution in [0.15, 0.2) is 28.7 Å². The molecule has 1 aromatic carbocycles. The molecule has 0 spiro atoms. The van der Waals surface area contributed by atoms with Gasteiger partial charge in [0.25, 0.3) is 0 Å². The van der Waals surface area contributed by atoms with Gasteiger partial charge in [-0.25, -0.2) is 0 Å². The number of benzene rings is 1. The van der Waals surface area contributed by atoms with Gasteiger partial charge in [0.05, 0.1) is 6.10 Å². The lowest BCUT2D eigenvalue weighted by atomic mass is 9.76. The van der Waals surface area contributed by atoms with Crippen molar-refractivity contribution in [3.05, 3.63) is 34.3 Å². The van der Waals surface area contributed by atoms with Crippen LogP contribution >= 0.6 is 15.9 Å². The summed E-state index contributed by atoms with van der Waals surface area (Å²) < 4.78 is 6.84. The van der Waals surface area contributed by atoms with Crippen LogP contribution in [0.4, 0.5) is 0 Å². The smallest absolute Gasteiger partial charge is 0.0588 e. The van der Waals surface area contributed by atoms with Crippen LogP contribution < -0.4 is 5.32 Å². The molecule has 2 nitrogen and oxygen atoms in total. The number of hydrogen-bond donors (Lipinski definition) is 1. The van der Waals surface area contributed by atoms with Crippen molar-refractivity contribution in [2.24, 2.45) is 0 Å². The van der Waals surface area contributed by atoms with Crippen molar-refractivity contribution in [1.82, 2.24) is 5.32 Å². The highest BCUT2D eigenvalue weighted by Gasteiger charge is 2.30. The van der Waals surface area contributed by atoms with Crippen molar-refractivity contribution in [2.45, 2.75) is 50.2 Å². The Labute approximate surface area is 124 Å². The molecule has 1 heterocycles. The van der Waals surface area contributed by atoms with Crippen LogP contribution in [0.2, 0.25) is 0 Å². The van der Waals surface area contributed by atoms with Gasteiger partial charge >= 0.3 is 0 Å². The molecular formula is C16H22BrNO. The first kappa shape index (κ1) is 13.6. The average Bonchev–Trinajstić information content (AvgIpc) is 2.85. The largest absolute Gasteiger partial charge is 0.378 e. The fourth-order valence-corrected chi connectivity index (χ4v) is 3.55. The minimum atomic E-state index is 0.522. The van der Waals surface area contributed by atoms with Gasteiger partial charge in [-0.2, -0.15) is 0 Å². The van der Waals surface area contributed by atoms with Crippen LogP contribution in [-0.4, -0.2) is 25.3 Å². The second-order valence-electron chi connectivity index (χ2n) is 5.80. The topological polar surface area (TPSA) is 21.3 Å². The maximum Gasteiger partial charge on any atom is 0.0588 e. The Bertz CT molecular complexity index is 411. The van der Waals surface area contributed by atoms with Crippen molar-refractivity contribution in [3.63, 3.8) is 0 Å². The lowest BCUT2D eigenvalue weighted by Gasteiger charge is -2.36. The molecule has 19 heavy (non-hydrogen) atoms. The maximum absolute atomic E-state index is 5.64. The zero-order chi connectivity index (χ0) is 13.1. The highest BCUT2D eigenvalue weighted by atomic mass is 79.9. The summed E-state index contributed by atoms with van der Waals surface area (Å²) in [6.07, 6.45) is 6.77. The van der Waals surface area contributed by atoms with Crippen LogP contribution in [0.1, 0.15) is 43.6 Å². The van der Waals surface area contributed by atoms with E-state index >= 15 is 0 Å². The molecule has 0 radical (unpaired) electrons. The molecule has 0 amide bonds. The van der Waals surface area contributed by atoms with Gasteiger partial charge in [-0.15, -0.1) is 0 Å². The summed E-state index contributed by atoms with van der Waals surface area (Å²) in [6, 6.07) is 9.45. The first-order valence-corrected chi connectivity index (χ1v) is 8.21. The summed E-state index contributed by atoms with van der Waals surface area (Å²) in [5, 5.41) is 3.67. The van der Waals surface area contributed by atoms with E-state index in [2.05, 4.69) is 45.5 Å². The van der Waals surface area contributed by atoms with Gasteiger partial charge in [0.1, 0.15) is 0 Å². The molecular weight excluding hydrogens is 302 g/mol. The number of nitrogens with one attached hydrogen (secondary N) is 1. The molecule has 0 aromatic heterocycles. The third-order valence-electron chi connectivity index (χ3n) is 4.38. The van der Waals surface area contributed by atoms with Crippen molar-refractivity contribution in [1.29, 1.82) is 0 Å². The van der Waals surface area contributed by atoms with Crippen molar-refractivity contribution in [3.8, 4) is 0 Å². The van der Waals surface area contributed by atoms with E-state index in [-0.39, 0.29) is 0 Å². The van der Waals surface area contributed by atoms with Gasteiger partial charge < -0.3 is 10.1 Å². The van der Waals surface area contributed by atoms with Gasteiger partial charge in [0.2, 0.25) is 0 Å². The predicted octanol–water partition coefficient (Wildman–Crippen LogP) is 3.85. The van der Waals surface area contributed by atoms with E-state index in [1.165, 1.54) is 42.1 Å². The van der Waals surface area contributed by atoms with Crippen molar-refractivity contribution in [2.75, 3.05) is 13.2 Å². The number of hydrogen-bond acceptors (Lipinski definition) is 2. The molecule has 3 rings (SSSR count). The van der Waals surface area contributed by atoms with E-state index in [9.17, 15) is 0 Å². The second kappa shape index (κ2) is 6.38. The van der Waals surface area contributed by atoms with Gasteiger partial charge in [0.15, 0.2) is 0 Å². The Morgan fingerprint density at radius 2 is 2.21 bits per heavy atom. The Morgan fingerprint density at radius 3 is 2.95 bits per heavy atom. The lowest BCUT2D eigenvalue weighted by Crippen LogP contribution is -2.41. The van der Waals surface area contributed by atoms with Gasteiger partial charge in [0, 0.05) is 17.1 Å². The molecule has 1 N–H and O–H groups in total. The maximum atomic E-state index is 5.64. The zero-order valence-electron chi connectivity index (χ0n) is 11.3. The Kier molecular flexibility index (Phi) is 4.57. The Morgan fingerprint density at radius 1 is 1.32 bits per heavy atom. The van der Waals surface area contributed by atoms with Crippen LogP contribution in [0.25, 0.3) is 0 Å². The highest BCUT2D eigenvalue weighted by Crippen LogP contribution is 2.37. The molecule has 2 aliphatic rings. The second-order valence-corrected chi connectivity index (χ2v) is 6.71. The van der Waals surface area contributed by atoms with Crippen LogP contribution in [-0.2, 0) is 4.74 Å². The molecule has 1 atom stereocenters. The first-order chi connectivity index (χ1) is 9.31.